The highest BCUT2D eigenvalue weighted by Gasteiger charge is 2.18. The maximum atomic E-state index is 13.7. The molecule has 0 radical (unpaired) electrons. The Labute approximate surface area is 164 Å². The Hall–Kier alpha value is -3.09. The Balaban J connectivity index is 1.95. The first-order valence-electron chi connectivity index (χ1n) is 8.96. The van der Waals surface area contributed by atoms with Gasteiger partial charge in [-0.1, -0.05) is 24.3 Å². The summed E-state index contributed by atoms with van der Waals surface area (Å²) < 4.78 is 24.2. The lowest BCUT2D eigenvalue weighted by Crippen LogP contribution is -2.38. The first-order chi connectivity index (χ1) is 13.5. The van der Waals surface area contributed by atoms with E-state index in [0.29, 0.717) is 42.1 Å². The van der Waals surface area contributed by atoms with Crippen molar-refractivity contribution in [3.05, 3.63) is 59.4 Å². The third kappa shape index (κ3) is 5.45. The molecule has 0 saturated heterocycles. The summed E-state index contributed by atoms with van der Waals surface area (Å²) in [6.45, 7) is 2.38. The van der Waals surface area contributed by atoms with E-state index in [1.54, 1.807) is 41.3 Å². The van der Waals surface area contributed by atoms with Crippen molar-refractivity contribution >= 4 is 11.8 Å². The second kappa shape index (κ2) is 10.3. The zero-order chi connectivity index (χ0) is 20.5. The molecule has 0 atom stereocenters. The summed E-state index contributed by atoms with van der Waals surface area (Å²) in [5, 5.41) is 2.78. The van der Waals surface area contributed by atoms with Gasteiger partial charge in [0.25, 0.3) is 5.91 Å². The zero-order valence-corrected chi connectivity index (χ0v) is 16.3. The molecule has 6 nitrogen and oxygen atoms in total. The van der Waals surface area contributed by atoms with Gasteiger partial charge in [-0.3, -0.25) is 9.59 Å². The standard InChI is InChI=1S/C21H25FN2O4/c1-15(25)24(13-11-16-7-4-5-8-17(16)22)14-12-23-21(26)20-18(27-2)9-6-10-19(20)28-3/h4-10H,11-14H2,1-3H3,(H,23,26). The van der Waals surface area contributed by atoms with Gasteiger partial charge in [0.15, 0.2) is 0 Å². The number of methoxy groups -OCH3 is 2. The maximum absolute atomic E-state index is 13.7. The Kier molecular flexibility index (Phi) is 7.80. The molecule has 2 aromatic carbocycles. The fourth-order valence-electron chi connectivity index (χ4n) is 2.85. The van der Waals surface area contributed by atoms with Crippen LogP contribution in [0.5, 0.6) is 11.5 Å². The van der Waals surface area contributed by atoms with Crippen molar-refractivity contribution < 1.29 is 23.5 Å². The second-order valence-electron chi connectivity index (χ2n) is 6.14. The van der Waals surface area contributed by atoms with Crippen LogP contribution in [0.25, 0.3) is 0 Å². The molecule has 0 aromatic heterocycles. The number of hydrogen-bond acceptors (Lipinski definition) is 4. The van der Waals surface area contributed by atoms with Crippen LogP contribution in [-0.2, 0) is 11.2 Å². The van der Waals surface area contributed by atoms with Crippen LogP contribution >= 0.6 is 0 Å². The predicted octanol–water partition coefficient (Wildman–Crippen LogP) is 2.66. The summed E-state index contributed by atoms with van der Waals surface area (Å²) in [5.74, 6) is 0.0228. The molecular weight excluding hydrogens is 363 g/mol. The number of ether oxygens (including phenoxy) is 2. The minimum Gasteiger partial charge on any atom is -0.496 e. The second-order valence-corrected chi connectivity index (χ2v) is 6.14. The molecule has 2 amide bonds. The van der Waals surface area contributed by atoms with Gasteiger partial charge in [-0.2, -0.15) is 0 Å². The first kappa shape index (κ1) is 21.2. The normalized spacial score (nSPS) is 10.3. The lowest BCUT2D eigenvalue weighted by Gasteiger charge is -2.21. The summed E-state index contributed by atoms with van der Waals surface area (Å²) in [4.78, 5) is 26.0. The van der Waals surface area contributed by atoms with E-state index in [1.807, 2.05) is 0 Å². The minimum absolute atomic E-state index is 0.138. The Morgan fingerprint density at radius 3 is 2.21 bits per heavy atom. The van der Waals surface area contributed by atoms with Gasteiger partial charge in [-0.25, -0.2) is 4.39 Å². The van der Waals surface area contributed by atoms with Gasteiger partial charge < -0.3 is 19.7 Å². The van der Waals surface area contributed by atoms with E-state index in [2.05, 4.69) is 5.32 Å². The third-order valence-electron chi connectivity index (χ3n) is 4.38. The van der Waals surface area contributed by atoms with E-state index in [9.17, 15) is 14.0 Å². The van der Waals surface area contributed by atoms with Crippen LogP contribution in [0.1, 0.15) is 22.8 Å². The van der Waals surface area contributed by atoms with Crippen LogP contribution in [0, 0.1) is 5.82 Å². The third-order valence-corrected chi connectivity index (χ3v) is 4.38. The highest BCUT2D eigenvalue weighted by atomic mass is 19.1. The van der Waals surface area contributed by atoms with Crippen molar-refractivity contribution in [2.75, 3.05) is 33.9 Å². The van der Waals surface area contributed by atoms with Gasteiger partial charge in [0.1, 0.15) is 22.9 Å². The summed E-state index contributed by atoms with van der Waals surface area (Å²) in [7, 11) is 2.96. The first-order valence-corrected chi connectivity index (χ1v) is 8.96. The van der Waals surface area contributed by atoms with Crippen LogP contribution < -0.4 is 14.8 Å². The van der Waals surface area contributed by atoms with Gasteiger partial charge in [0, 0.05) is 26.6 Å². The fraction of sp³-hybridized carbons (Fsp3) is 0.333. The number of nitrogens with zero attached hydrogens (tertiary/aromatic N) is 1. The van der Waals surface area contributed by atoms with Crippen molar-refractivity contribution in [2.45, 2.75) is 13.3 Å². The van der Waals surface area contributed by atoms with Gasteiger partial charge in [0.2, 0.25) is 5.91 Å². The maximum Gasteiger partial charge on any atom is 0.258 e. The molecule has 0 saturated carbocycles. The van der Waals surface area contributed by atoms with E-state index >= 15 is 0 Å². The number of carbonyl (C=O) groups is 2. The summed E-state index contributed by atoms with van der Waals surface area (Å²) in [6.07, 6.45) is 0.403. The SMILES string of the molecule is COc1cccc(OC)c1C(=O)NCCN(CCc1ccccc1F)C(C)=O. The van der Waals surface area contributed by atoms with Gasteiger partial charge in [-0.15, -0.1) is 0 Å². The number of amides is 2. The van der Waals surface area contributed by atoms with E-state index in [4.69, 9.17) is 9.47 Å². The molecule has 7 heteroatoms. The van der Waals surface area contributed by atoms with Crippen LogP contribution in [0.4, 0.5) is 4.39 Å². The quantitative estimate of drug-likeness (QED) is 0.717. The largest absolute Gasteiger partial charge is 0.496 e. The van der Waals surface area contributed by atoms with Crippen LogP contribution in [0.2, 0.25) is 0 Å². The van der Waals surface area contributed by atoms with Crippen LogP contribution in [0.3, 0.4) is 0 Å². The van der Waals surface area contributed by atoms with Crippen molar-refractivity contribution in [1.82, 2.24) is 10.2 Å². The fourth-order valence-corrected chi connectivity index (χ4v) is 2.85. The zero-order valence-electron chi connectivity index (χ0n) is 16.3. The van der Waals surface area contributed by atoms with E-state index in [-0.39, 0.29) is 24.2 Å². The molecule has 2 rings (SSSR count). The number of halogens is 1. The predicted molar refractivity (Wildman–Crippen MR) is 104 cm³/mol. The highest BCUT2D eigenvalue weighted by molar-refractivity contribution is 5.99. The minimum atomic E-state index is -0.355. The lowest BCUT2D eigenvalue weighted by molar-refractivity contribution is -0.128. The van der Waals surface area contributed by atoms with Crippen molar-refractivity contribution in [3.63, 3.8) is 0 Å². The Morgan fingerprint density at radius 1 is 1.00 bits per heavy atom. The average molecular weight is 388 g/mol. The van der Waals surface area contributed by atoms with Crippen molar-refractivity contribution in [1.29, 1.82) is 0 Å². The van der Waals surface area contributed by atoms with Gasteiger partial charge >= 0.3 is 0 Å². The van der Waals surface area contributed by atoms with Crippen molar-refractivity contribution in [2.24, 2.45) is 0 Å². The molecule has 0 aliphatic heterocycles. The van der Waals surface area contributed by atoms with Crippen LogP contribution in [-0.4, -0.2) is 50.6 Å². The molecule has 0 fully saturated rings. The van der Waals surface area contributed by atoms with E-state index < -0.39 is 0 Å². The average Bonchev–Trinajstić information content (AvgIpc) is 2.70. The molecule has 0 heterocycles. The highest BCUT2D eigenvalue weighted by Crippen LogP contribution is 2.27. The van der Waals surface area contributed by atoms with Crippen molar-refractivity contribution in [3.8, 4) is 11.5 Å². The smallest absolute Gasteiger partial charge is 0.258 e. The Morgan fingerprint density at radius 2 is 1.64 bits per heavy atom. The molecule has 1 N–H and O–H groups in total. The summed E-state index contributed by atoms with van der Waals surface area (Å²) >= 11 is 0. The number of carbonyl (C=O) groups excluding carboxylic acids is 2. The summed E-state index contributed by atoms with van der Waals surface area (Å²) in [6, 6.07) is 11.6. The summed E-state index contributed by atoms with van der Waals surface area (Å²) in [5.41, 5.74) is 0.852. The number of rotatable bonds is 9. The Bertz CT molecular complexity index is 804. The lowest BCUT2D eigenvalue weighted by atomic mass is 10.1. The molecule has 0 aliphatic carbocycles. The molecule has 0 aliphatic rings. The van der Waals surface area contributed by atoms with Gasteiger partial charge in [0.05, 0.1) is 14.2 Å². The molecule has 28 heavy (non-hydrogen) atoms. The molecule has 0 bridgehead atoms. The number of nitrogens with one attached hydrogen (secondary N) is 1. The molecule has 2 aromatic rings. The van der Waals surface area contributed by atoms with Gasteiger partial charge in [-0.05, 0) is 30.2 Å². The number of benzene rings is 2. The molecule has 0 spiro atoms. The topological polar surface area (TPSA) is 67.9 Å². The van der Waals surface area contributed by atoms with E-state index in [1.165, 1.54) is 27.2 Å². The monoisotopic (exact) mass is 388 g/mol. The molecule has 150 valence electrons. The van der Waals surface area contributed by atoms with Crippen LogP contribution in [0.15, 0.2) is 42.5 Å². The van der Waals surface area contributed by atoms with E-state index in [0.717, 1.165) is 0 Å². The molecular formula is C21H25FN2O4. The number of hydrogen-bond donors (Lipinski definition) is 1. The molecule has 0 unspecified atom stereocenters.